The summed E-state index contributed by atoms with van der Waals surface area (Å²) in [7, 11) is 0. The molecule has 25 atom stereocenters. The number of esters is 1. The first-order valence-electron chi connectivity index (χ1n) is 25.0. The zero-order valence-corrected chi connectivity index (χ0v) is 40.8. The maximum absolute atomic E-state index is 14.0. The molecule has 0 aromatic rings. The first-order valence-corrected chi connectivity index (χ1v) is 25.0. The molecule has 19 heteroatoms. The quantitative estimate of drug-likeness (QED) is 0.112. The first-order chi connectivity index (χ1) is 31.6. The van der Waals surface area contributed by atoms with Gasteiger partial charge in [0.2, 0.25) is 6.29 Å². The van der Waals surface area contributed by atoms with Gasteiger partial charge in [-0.25, -0.2) is 4.79 Å². The molecule has 11 N–H and O–H groups in total. The van der Waals surface area contributed by atoms with Crippen molar-refractivity contribution in [3.8, 4) is 0 Å². The molecule has 0 bridgehead atoms. The van der Waals surface area contributed by atoms with Gasteiger partial charge in [0.05, 0.1) is 31.3 Å². The summed E-state index contributed by atoms with van der Waals surface area (Å²) in [4.78, 5) is 26.4. The van der Waals surface area contributed by atoms with Gasteiger partial charge in [-0.15, -0.1) is 0 Å². The normalized spacial score (nSPS) is 54.3. The second-order valence-electron chi connectivity index (χ2n) is 24.5. The maximum Gasteiger partial charge on any atom is 0.335 e. The fraction of sp³-hybridized carbons (Fsp3) is 0.959. The van der Waals surface area contributed by atoms with Gasteiger partial charge < -0.3 is 84.6 Å². The van der Waals surface area contributed by atoms with Crippen LogP contribution in [0.25, 0.3) is 0 Å². The summed E-state index contributed by atoms with van der Waals surface area (Å²) < 4.78 is 34.9. The third-order valence-corrected chi connectivity index (χ3v) is 20.1. The van der Waals surface area contributed by atoms with Crippen LogP contribution >= 0.6 is 0 Å². The molecule has 0 amide bonds. The number of carboxylic acid groups (broad SMARTS) is 1. The van der Waals surface area contributed by atoms with Crippen LogP contribution in [0.15, 0.2) is 0 Å². The summed E-state index contributed by atoms with van der Waals surface area (Å²) in [5.41, 5.74) is -1.79. The van der Waals surface area contributed by atoms with Crippen LogP contribution in [-0.2, 0) is 38.0 Å². The van der Waals surface area contributed by atoms with Crippen LogP contribution in [0.4, 0.5) is 0 Å². The summed E-state index contributed by atoms with van der Waals surface area (Å²) in [6.45, 7) is 16.6. The molecule has 390 valence electrons. The fourth-order valence-corrected chi connectivity index (χ4v) is 16.2. The Bertz CT molecular complexity index is 1850. The summed E-state index contributed by atoms with van der Waals surface area (Å²) in [6, 6.07) is 0. The lowest BCUT2D eigenvalue weighted by Crippen LogP contribution is -2.70. The molecule has 0 radical (unpaired) electrons. The van der Waals surface area contributed by atoms with Gasteiger partial charge in [0.1, 0.15) is 61.0 Å². The molecule has 5 aliphatic carbocycles. The molecule has 0 aromatic carbocycles. The molecule has 3 saturated heterocycles. The van der Waals surface area contributed by atoms with Crippen molar-refractivity contribution in [1.29, 1.82) is 0 Å². The van der Waals surface area contributed by atoms with Crippen LogP contribution in [0.2, 0.25) is 0 Å². The minimum Gasteiger partial charge on any atom is -0.479 e. The Hall–Kier alpha value is -1.66. The number of fused-ring (bicyclic) bond motifs is 7. The third kappa shape index (κ3) is 8.40. The number of rotatable bonds is 9. The molecule has 0 unspecified atom stereocenters. The average molecular weight is 973 g/mol. The molecule has 5 saturated carbocycles. The van der Waals surface area contributed by atoms with Gasteiger partial charge in [0, 0.05) is 0 Å². The van der Waals surface area contributed by atoms with Crippen molar-refractivity contribution in [2.75, 3.05) is 6.61 Å². The van der Waals surface area contributed by atoms with Crippen molar-refractivity contribution >= 4 is 11.9 Å². The van der Waals surface area contributed by atoms with Crippen molar-refractivity contribution in [2.45, 2.75) is 230 Å². The van der Waals surface area contributed by atoms with E-state index in [2.05, 4.69) is 34.6 Å². The molecular formula is C49H80O19. The number of aliphatic hydroxyl groups excluding tert-OH is 10. The van der Waals surface area contributed by atoms with Crippen molar-refractivity contribution in [2.24, 2.45) is 56.2 Å². The number of carboxylic acids is 1. The molecule has 8 rings (SSSR count). The Labute approximate surface area is 398 Å². The fourth-order valence-electron chi connectivity index (χ4n) is 16.2. The Balaban J connectivity index is 1.01. The average Bonchev–Trinajstić information content (AvgIpc) is 3.25. The van der Waals surface area contributed by atoms with Gasteiger partial charge in [-0.05, 0) is 127 Å². The van der Waals surface area contributed by atoms with Gasteiger partial charge in [0.25, 0.3) is 0 Å². The van der Waals surface area contributed by atoms with Crippen LogP contribution in [0.5, 0.6) is 0 Å². The van der Waals surface area contributed by atoms with E-state index in [-0.39, 0.29) is 57.2 Å². The second kappa shape index (κ2) is 18.4. The van der Waals surface area contributed by atoms with E-state index in [1.807, 2.05) is 13.8 Å². The van der Waals surface area contributed by atoms with Gasteiger partial charge in [-0.2, -0.15) is 0 Å². The van der Waals surface area contributed by atoms with E-state index < -0.39 is 128 Å². The lowest BCUT2D eigenvalue weighted by molar-refractivity contribution is -0.368. The second-order valence-corrected chi connectivity index (χ2v) is 24.5. The molecule has 19 nitrogen and oxygen atoms in total. The Morgan fingerprint density at radius 1 is 0.603 bits per heavy atom. The van der Waals surface area contributed by atoms with Crippen LogP contribution in [0.1, 0.15) is 126 Å². The minimum atomic E-state index is -1.97. The number of hydrogen-bond acceptors (Lipinski definition) is 18. The SMILES string of the molecule is C[C@@H]1O[C@@H](O[C@@H]2[C@@H](O)[C@H](O[C@H]3[C@@H](O)C[C@]4(C)[C@H]5CC[C@@H]6[C@@H]7CC(C)(C)CC[C@]7(CC(=O)O[C@@H]7O[C@H](CO)[C@@H](O)[C@H](O)[C@H]7O)CC[C@@]6(C)[C@]5(C)CC[C@H]4C3(C)C)O[C@H](C(=O)O)[C@H]2O)[C@H](O)[C@H](O)[C@H]1O. The van der Waals surface area contributed by atoms with E-state index in [0.29, 0.717) is 6.42 Å². The molecule has 68 heavy (non-hydrogen) atoms. The highest BCUT2D eigenvalue weighted by Gasteiger charge is 2.72. The van der Waals surface area contributed by atoms with Gasteiger partial charge in [-0.3, -0.25) is 4.79 Å². The van der Waals surface area contributed by atoms with Gasteiger partial charge >= 0.3 is 11.9 Å². The molecule has 0 aromatic heterocycles. The predicted molar refractivity (Wildman–Crippen MR) is 235 cm³/mol. The van der Waals surface area contributed by atoms with Crippen LogP contribution in [0.3, 0.4) is 0 Å². The zero-order chi connectivity index (χ0) is 50.0. The van der Waals surface area contributed by atoms with E-state index in [4.69, 9.17) is 28.4 Å². The summed E-state index contributed by atoms with van der Waals surface area (Å²) in [6.07, 6.45) is -18.3. The Kier molecular flexibility index (Phi) is 14.2. The number of aliphatic hydroxyl groups is 10. The highest BCUT2D eigenvalue weighted by molar-refractivity contribution is 5.73. The van der Waals surface area contributed by atoms with E-state index in [1.165, 1.54) is 6.92 Å². The first kappa shape index (κ1) is 52.7. The summed E-state index contributed by atoms with van der Waals surface area (Å²) in [5, 5.41) is 118. The molecule has 8 fully saturated rings. The van der Waals surface area contributed by atoms with E-state index in [1.54, 1.807) is 0 Å². The number of ether oxygens (including phenoxy) is 6. The van der Waals surface area contributed by atoms with Crippen molar-refractivity contribution in [3.63, 3.8) is 0 Å². The number of carbonyl (C=O) groups excluding carboxylic acids is 1. The van der Waals surface area contributed by atoms with E-state index >= 15 is 0 Å². The smallest absolute Gasteiger partial charge is 0.335 e. The van der Waals surface area contributed by atoms with E-state index in [0.717, 1.165) is 57.8 Å². The van der Waals surface area contributed by atoms with E-state index in [9.17, 15) is 65.8 Å². The van der Waals surface area contributed by atoms with Crippen LogP contribution in [0, 0.1) is 56.2 Å². The topological polar surface area (TPSA) is 312 Å². The molecule has 0 spiro atoms. The molecule has 3 heterocycles. The lowest BCUT2D eigenvalue weighted by atomic mass is 9.31. The van der Waals surface area contributed by atoms with Crippen molar-refractivity contribution in [1.82, 2.24) is 0 Å². The van der Waals surface area contributed by atoms with Crippen LogP contribution < -0.4 is 0 Å². The highest BCUT2D eigenvalue weighted by atomic mass is 16.7. The molecule has 8 aliphatic rings. The highest BCUT2D eigenvalue weighted by Crippen LogP contribution is 2.77. The maximum atomic E-state index is 14.0. The minimum absolute atomic E-state index is 0.00365. The standard InChI is InChI=1S/C49H80O19/c1-21-29(53)31(55)33(57)41(63-21)66-37-35(59)38(40(61)62)67-43(36(37)60)68-39-24(51)18-46(6)26(45(39,4)5)11-12-48(8)27(46)10-9-22-23-17-44(2,3)13-15-49(23,16-14-47(22,48)7)19-28(52)65-42-34(58)32(56)30(54)25(20-50)64-42/h21-27,29-39,41-43,50-51,53-60H,9-20H2,1-8H3,(H,61,62)/t21-,22+,23-,24-,25+,26-,27+,29-,30+,31+,32-,33+,34+,35-,36+,37-,38-,39-,41-,42-,43-,46-,47+,48+,49+/m0/s1. The Morgan fingerprint density at radius 2 is 1.24 bits per heavy atom. The monoisotopic (exact) mass is 973 g/mol. The Morgan fingerprint density at radius 3 is 1.90 bits per heavy atom. The zero-order valence-electron chi connectivity index (χ0n) is 40.8. The number of carbonyl (C=O) groups is 2. The predicted octanol–water partition coefficient (Wildman–Crippen LogP) is 0.701. The molecular weight excluding hydrogens is 893 g/mol. The lowest BCUT2D eigenvalue weighted by Gasteiger charge is -2.74. The number of hydrogen-bond donors (Lipinski definition) is 11. The van der Waals surface area contributed by atoms with Crippen molar-refractivity contribution in [3.05, 3.63) is 0 Å². The van der Waals surface area contributed by atoms with Crippen molar-refractivity contribution < 1.29 is 94.2 Å². The van der Waals surface area contributed by atoms with Crippen LogP contribution in [-0.4, -0.2) is 179 Å². The molecule has 3 aliphatic heterocycles. The van der Waals surface area contributed by atoms with Gasteiger partial charge in [0.15, 0.2) is 18.7 Å². The largest absolute Gasteiger partial charge is 0.479 e. The van der Waals surface area contributed by atoms with Gasteiger partial charge in [-0.1, -0.05) is 48.5 Å². The number of aliphatic carboxylic acids is 1. The summed E-state index contributed by atoms with van der Waals surface area (Å²) >= 11 is 0. The summed E-state index contributed by atoms with van der Waals surface area (Å²) in [5.74, 6) is -1.49. The third-order valence-electron chi connectivity index (χ3n) is 20.1.